The van der Waals surface area contributed by atoms with E-state index in [1.807, 2.05) is 0 Å². The monoisotopic (exact) mass is 557 g/mol. The topological polar surface area (TPSA) is 90.7 Å². The molecule has 6 rings (SSSR count). The molecule has 1 saturated heterocycles. The number of nitrogens with one attached hydrogen (secondary N) is 1. The van der Waals surface area contributed by atoms with Crippen LogP contribution in [0.4, 0.5) is 28.0 Å². The standard InChI is InChI=1S/C27H23F4N5O4/c28-24-20(27(29,30)31)2-1-3-21(24)34-26(37)36-7-6-16-10-17(4-5-23(16)36)40-25-19-12-35(13-22(19)32-15-33-25)11-18-14-38-8-9-39-18/h1-7,10,15,18H,8-9,11-14H2,(H,34,37). The molecule has 1 unspecified atom stereocenters. The molecule has 2 aromatic heterocycles. The maximum absolute atomic E-state index is 14.4. The first-order chi connectivity index (χ1) is 19.3. The zero-order chi connectivity index (χ0) is 27.9. The number of halogens is 4. The molecular formula is C27H23F4N5O4. The van der Waals surface area contributed by atoms with Gasteiger partial charge in [0.25, 0.3) is 0 Å². The summed E-state index contributed by atoms with van der Waals surface area (Å²) in [6.07, 6.45) is -2.01. The Bertz CT molecular complexity index is 1570. The van der Waals surface area contributed by atoms with Gasteiger partial charge in [-0.3, -0.25) is 9.47 Å². The number of alkyl halides is 3. The Kier molecular flexibility index (Phi) is 6.86. The number of hydrogen-bond acceptors (Lipinski definition) is 7. The van der Waals surface area contributed by atoms with Crippen LogP contribution in [0.25, 0.3) is 10.9 Å². The number of ether oxygens (including phenoxy) is 3. The minimum atomic E-state index is -4.89. The van der Waals surface area contributed by atoms with Crippen molar-refractivity contribution in [3.63, 3.8) is 0 Å². The van der Waals surface area contributed by atoms with E-state index >= 15 is 0 Å². The molecule has 2 aliphatic heterocycles. The summed E-state index contributed by atoms with van der Waals surface area (Å²) in [4.78, 5) is 23.7. The molecule has 0 bridgehead atoms. The van der Waals surface area contributed by atoms with E-state index in [1.54, 1.807) is 24.3 Å². The van der Waals surface area contributed by atoms with E-state index in [1.165, 1.54) is 17.1 Å². The molecule has 1 amide bonds. The average Bonchev–Trinajstić information content (AvgIpc) is 3.54. The van der Waals surface area contributed by atoms with Crippen molar-refractivity contribution in [2.45, 2.75) is 25.4 Å². The van der Waals surface area contributed by atoms with Crippen molar-refractivity contribution < 1.29 is 36.6 Å². The predicted molar refractivity (Wildman–Crippen MR) is 135 cm³/mol. The first kappa shape index (κ1) is 26.2. The molecule has 40 heavy (non-hydrogen) atoms. The summed E-state index contributed by atoms with van der Waals surface area (Å²) in [5.41, 5.74) is 0.161. The van der Waals surface area contributed by atoms with Crippen molar-refractivity contribution in [1.82, 2.24) is 19.4 Å². The van der Waals surface area contributed by atoms with Crippen LogP contribution < -0.4 is 10.1 Å². The Morgan fingerprint density at radius 1 is 1.12 bits per heavy atom. The lowest BCUT2D eigenvalue weighted by Gasteiger charge is -2.26. The maximum atomic E-state index is 14.4. The maximum Gasteiger partial charge on any atom is 0.419 e. The second kappa shape index (κ2) is 10.5. The number of fused-ring (bicyclic) bond motifs is 2. The molecule has 1 atom stereocenters. The summed E-state index contributed by atoms with van der Waals surface area (Å²) in [7, 11) is 0. The third-order valence-corrected chi connectivity index (χ3v) is 6.74. The molecule has 13 heteroatoms. The van der Waals surface area contributed by atoms with E-state index in [9.17, 15) is 22.4 Å². The molecule has 2 aliphatic rings. The number of benzene rings is 2. The molecule has 0 radical (unpaired) electrons. The van der Waals surface area contributed by atoms with Crippen LogP contribution in [0.15, 0.2) is 55.0 Å². The normalized spacial score (nSPS) is 17.6. The minimum absolute atomic E-state index is 0.00546. The Morgan fingerprint density at radius 3 is 2.80 bits per heavy atom. The van der Waals surface area contributed by atoms with E-state index in [0.717, 1.165) is 23.4 Å². The van der Waals surface area contributed by atoms with Gasteiger partial charge in [0, 0.05) is 31.2 Å². The molecule has 9 nitrogen and oxygen atoms in total. The molecule has 2 aromatic carbocycles. The molecule has 4 heterocycles. The van der Waals surface area contributed by atoms with Gasteiger partial charge in [-0.05, 0) is 36.4 Å². The van der Waals surface area contributed by atoms with Gasteiger partial charge >= 0.3 is 12.2 Å². The largest absolute Gasteiger partial charge is 0.439 e. The molecule has 0 spiro atoms. The zero-order valence-corrected chi connectivity index (χ0v) is 20.9. The highest BCUT2D eigenvalue weighted by Gasteiger charge is 2.35. The van der Waals surface area contributed by atoms with Crippen LogP contribution in [0.3, 0.4) is 0 Å². The van der Waals surface area contributed by atoms with Crippen LogP contribution >= 0.6 is 0 Å². The van der Waals surface area contributed by atoms with E-state index in [-0.39, 0.29) is 6.10 Å². The molecule has 1 N–H and O–H groups in total. The number of aromatic nitrogens is 3. The van der Waals surface area contributed by atoms with Crippen molar-refractivity contribution >= 4 is 22.6 Å². The van der Waals surface area contributed by atoms with E-state index in [4.69, 9.17) is 14.2 Å². The molecule has 0 aliphatic carbocycles. The third-order valence-electron chi connectivity index (χ3n) is 6.74. The predicted octanol–water partition coefficient (Wildman–Crippen LogP) is 5.19. The summed E-state index contributed by atoms with van der Waals surface area (Å²) < 4.78 is 72.0. The first-order valence-electron chi connectivity index (χ1n) is 12.5. The minimum Gasteiger partial charge on any atom is -0.439 e. The van der Waals surface area contributed by atoms with Crippen molar-refractivity contribution in [3.8, 4) is 11.6 Å². The third kappa shape index (κ3) is 5.22. The smallest absolute Gasteiger partial charge is 0.419 e. The molecule has 1 fully saturated rings. The van der Waals surface area contributed by atoms with Crippen LogP contribution in [0.5, 0.6) is 11.6 Å². The fraction of sp³-hybridized carbons (Fsp3) is 0.296. The van der Waals surface area contributed by atoms with Crippen molar-refractivity contribution in [1.29, 1.82) is 0 Å². The van der Waals surface area contributed by atoms with Crippen LogP contribution in [0, 0.1) is 5.82 Å². The average molecular weight is 558 g/mol. The first-order valence-corrected chi connectivity index (χ1v) is 12.5. The van der Waals surface area contributed by atoms with Gasteiger partial charge in [0.05, 0.1) is 53.9 Å². The molecule has 4 aromatic rings. The molecule has 0 saturated carbocycles. The molecular weight excluding hydrogens is 534 g/mol. The van der Waals surface area contributed by atoms with Gasteiger partial charge in [-0.25, -0.2) is 19.2 Å². The highest BCUT2D eigenvalue weighted by molar-refractivity contribution is 5.98. The van der Waals surface area contributed by atoms with Gasteiger partial charge in [-0.2, -0.15) is 13.2 Å². The summed E-state index contributed by atoms with van der Waals surface area (Å²) in [5.74, 6) is -0.658. The van der Waals surface area contributed by atoms with E-state index in [0.29, 0.717) is 68.1 Å². The van der Waals surface area contributed by atoms with Gasteiger partial charge in [-0.1, -0.05) is 6.07 Å². The summed E-state index contributed by atoms with van der Waals surface area (Å²) >= 11 is 0. The second-order valence-electron chi connectivity index (χ2n) is 9.44. The lowest BCUT2D eigenvalue weighted by molar-refractivity contribution is -0.139. The molecule has 208 valence electrons. The number of carbonyl (C=O) groups excluding carboxylic acids is 1. The van der Waals surface area contributed by atoms with Crippen LogP contribution in [-0.2, 0) is 28.7 Å². The Hall–Kier alpha value is -4.07. The van der Waals surface area contributed by atoms with Gasteiger partial charge < -0.3 is 19.5 Å². The fourth-order valence-corrected chi connectivity index (χ4v) is 4.86. The quantitative estimate of drug-likeness (QED) is 0.338. The summed E-state index contributed by atoms with van der Waals surface area (Å²) in [6.45, 7) is 3.66. The number of hydrogen-bond donors (Lipinski definition) is 1. The Balaban J connectivity index is 1.17. The number of nitrogens with zero attached hydrogens (tertiary/aromatic N) is 4. The second-order valence-corrected chi connectivity index (χ2v) is 9.44. The Labute approximate surface area is 225 Å². The number of anilines is 1. The van der Waals surface area contributed by atoms with E-state index in [2.05, 4.69) is 20.2 Å². The van der Waals surface area contributed by atoms with Gasteiger partial charge in [0.1, 0.15) is 12.1 Å². The van der Waals surface area contributed by atoms with Crippen molar-refractivity contribution in [2.75, 3.05) is 31.7 Å². The zero-order valence-electron chi connectivity index (χ0n) is 20.9. The van der Waals surface area contributed by atoms with Crippen LogP contribution in [0.2, 0.25) is 0 Å². The highest BCUT2D eigenvalue weighted by Crippen LogP contribution is 2.35. The van der Waals surface area contributed by atoms with Crippen LogP contribution in [-0.4, -0.2) is 57.9 Å². The highest BCUT2D eigenvalue weighted by atomic mass is 19.4. The van der Waals surface area contributed by atoms with Gasteiger partial charge in [0.2, 0.25) is 5.88 Å². The van der Waals surface area contributed by atoms with Crippen LogP contribution in [0.1, 0.15) is 16.8 Å². The fourth-order valence-electron chi connectivity index (χ4n) is 4.86. The van der Waals surface area contributed by atoms with Gasteiger partial charge in [0.15, 0.2) is 5.82 Å². The lowest BCUT2D eigenvalue weighted by atomic mass is 10.2. The number of amides is 1. The Morgan fingerprint density at radius 2 is 2.00 bits per heavy atom. The van der Waals surface area contributed by atoms with Crippen molar-refractivity contribution in [2.24, 2.45) is 0 Å². The summed E-state index contributed by atoms with van der Waals surface area (Å²) in [6, 6.07) is 8.51. The number of carbonyl (C=O) groups is 1. The lowest BCUT2D eigenvalue weighted by Crippen LogP contribution is -2.37. The summed E-state index contributed by atoms with van der Waals surface area (Å²) in [5, 5.41) is 2.84. The van der Waals surface area contributed by atoms with Crippen molar-refractivity contribution in [3.05, 3.63) is 77.6 Å². The number of rotatable bonds is 5. The van der Waals surface area contributed by atoms with Gasteiger partial charge in [-0.15, -0.1) is 0 Å². The van der Waals surface area contributed by atoms with E-state index < -0.39 is 29.3 Å². The SMILES string of the molecule is O=C(Nc1cccc(C(F)(F)F)c1F)n1ccc2cc(Oc3ncnc4c3CN(CC3COCCO3)C4)ccc21.